The Hall–Kier alpha value is -1.23. The van der Waals surface area contributed by atoms with E-state index in [1.165, 1.54) is 11.1 Å². The predicted molar refractivity (Wildman–Crippen MR) is 72.9 cm³/mol. The molecule has 0 radical (unpaired) electrons. The number of hydrogen-bond donors (Lipinski definition) is 2. The lowest BCUT2D eigenvalue weighted by Crippen LogP contribution is -2.20. The summed E-state index contributed by atoms with van der Waals surface area (Å²) in [6.45, 7) is 0.805. The molecule has 2 atom stereocenters. The van der Waals surface area contributed by atoms with Gasteiger partial charge >= 0.3 is 0 Å². The number of rotatable bonds is 2. The van der Waals surface area contributed by atoms with Crippen LogP contribution in [0.2, 0.25) is 0 Å². The molecule has 18 heavy (non-hydrogen) atoms. The van der Waals surface area contributed by atoms with Gasteiger partial charge in [-0.05, 0) is 33.1 Å². The van der Waals surface area contributed by atoms with Crippen molar-refractivity contribution in [3.05, 3.63) is 63.9 Å². The van der Waals surface area contributed by atoms with Gasteiger partial charge in [-0.3, -0.25) is 4.98 Å². The highest BCUT2D eigenvalue weighted by molar-refractivity contribution is 9.10. The van der Waals surface area contributed by atoms with Gasteiger partial charge in [0.05, 0.1) is 12.1 Å². The molecule has 0 aliphatic carbocycles. The number of nitrogens with one attached hydrogen (secondary N) is 1. The van der Waals surface area contributed by atoms with E-state index in [9.17, 15) is 5.11 Å². The minimum Gasteiger partial charge on any atom is -0.386 e. The third-order valence-electron chi connectivity index (χ3n) is 3.29. The number of fused-ring (bicyclic) bond motifs is 1. The average Bonchev–Trinajstić information content (AvgIpc) is 2.82. The smallest absolute Gasteiger partial charge is 0.1000 e. The summed E-state index contributed by atoms with van der Waals surface area (Å²) in [5.41, 5.74) is 3.24. The maximum absolute atomic E-state index is 10.5. The molecule has 0 saturated carbocycles. The molecule has 2 unspecified atom stereocenters. The fourth-order valence-electron chi connectivity index (χ4n) is 2.39. The van der Waals surface area contributed by atoms with Crippen LogP contribution in [-0.4, -0.2) is 10.1 Å². The highest BCUT2D eigenvalue weighted by atomic mass is 79.9. The first-order valence-corrected chi connectivity index (χ1v) is 6.65. The van der Waals surface area contributed by atoms with Crippen LogP contribution < -0.4 is 5.32 Å². The SMILES string of the molecule is OC(c1cncc(Br)c1)C1NCc2ccccc21. The number of nitrogens with zero attached hydrogens (tertiary/aromatic N) is 1. The van der Waals surface area contributed by atoms with Crippen molar-refractivity contribution in [2.24, 2.45) is 0 Å². The van der Waals surface area contributed by atoms with Crippen molar-refractivity contribution in [1.29, 1.82) is 0 Å². The van der Waals surface area contributed by atoms with Gasteiger partial charge in [-0.15, -0.1) is 0 Å². The van der Waals surface area contributed by atoms with Crippen molar-refractivity contribution in [3.63, 3.8) is 0 Å². The Morgan fingerprint density at radius 2 is 2.17 bits per heavy atom. The first-order valence-electron chi connectivity index (χ1n) is 5.85. The number of aliphatic hydroxyl groups excluding tert-OH is 1. The molecular formula is C14H13BrN2O. The molecule has 92 valence electrons. The van der Waals surface area contributed by atoms with Crippen molar-refractivity contribution in [2.75, 3.05) is 0 Å². The lowest BCUT2D eigenvalue weighted by molar-refractivity contribution is 0.133. The summed E-state index contributed by atoms with van der Waals surface area (Å²) in [6, 6.07) is 10.0. The topological polar surface area (TPSA) is 45.2 Å². The molecule has 1 aliphatic heterocycles. The van der Waals surface area contributed by atoms with Gasteiger partial charge in [0.2, 0.25) is 0 Å². The molecule has 1 aromatic carbocycles. The Morgan fingerprint density at radius 1 is 1.33 bits per heavy atom. The van der Waals surface area contributed by atoms with Gasteiger partial charge in [0.15, 0.2) is 0 Å². The van der Waals surface area contributed by atoms with Crippen molar-refractivity contribution in [2.45, 2.75) is 18.7 Å². The van der Waals surface area contributed by atoms with E-state index < -0.39 is 6.10 Å². The Bertz CT molecular complexity index is 573. The Kier molecular flexibility index (Phi) is 3.16. The molecule has 0 fully saturated rings. The maximum Gasteiger partial charge on any atom is 0.1000 e. The van der Waals surface area contributed by atoms with Crippen molar-refractivity contribution < 1.29 is 5.11 Å². The van der Waals surface area contributed by atoms with Crippen LogP contribution in [0, 0.1) is 0 Å². The second kappa shape index (κ2) is 4.80. The zero-order chi connectivity index (χ0) is 12.5. The molecule has 3 rings (SSSR count). The maximum atomic E-state index is 10.5. The lowest BCUT2D eigenvalue weighted by Gasteiger charge is -2.19. The largest absolute Gasteiger partial charge is 0.386 e. The van der Waals surface area contributed by atoms with Crippen molar-refractivity contribution in [3.8, 4) is 0 Å². The summed E-state index contributed by atoms with van der Waals surface area (Å²) in [4.78, 5) is 4.10. The summed E-state index contributed by atoms with van der Waals surface area (Å²) in [7, 11) is 0. The molecular weight excluding hydrogens is 292 g/mol. The minimum absolute atomic E-state index is 0.0581. The Balaban J connectivity index is 1.93. The van der Waals surface area contributed by atoms with Crippen LogP contribution >= 0.6 is 15.9 Å². The average molecular weight is 305 g/mol. The number of hydrogen-bond acceptors (Lipinski definition) is 3. The van der Waals surface area contributed by atoms with Gasteiger partial charge in [0.25, 0.3) is 0 Å². The van der Waals surface area contributed by atoms with E-state index in [1.54, 1.807) is 12.4 Å². The quantitative estimate of drug-likeness (QED) is 0.897. The van der Waals surface area contributed by atoms with Gasteiger partial charge < -0.3 is 10.4 Å². The second-order valence-corrected chi connectivity index (χ2v) is 5.35. The van der Waals surface area contributed by atoms with Crippen LogP contribution in [0.5, 0.6) is 0 Å². The highest BCUT2D eigenvalue weighted by Crippen LogP contribution is 2.35. The van der Waals surface area contributed by atoms with Gasteiger partial charge in [0, 0.05) is 29.0 Å². The Labute approximate surface area is 114 Å². The molecule has 1 aliphatic rings. The van der Waals surface area contributed by atoms with E-state index in [1.807, 2.05) is 18.2 Å². The molecule has 0 amide bonds. The van der Waals surface area contributed by atoms with Crippen molar-refractivity contribution in [1.82, 2.24) is 10.3 Å². The van der Waals surface area contributed by atoms with Crippen LogP contribution in [0.3, 0.4) is 0 Å². The predicted octanol–water partition coefficient (Wildman–Crippen LogP) is 2.72. The van der Waals surface area contributed by atoms with Crippen LogP contribution in [0.25, 0.3) is 0 Å². The van der Waals surface area contributed by atoms with Gasteiger partial charge in [-0.1, -0.05) is 24.3 Å². The van der Waals surface area contributed by atoms with Crippen LogP contribution in [0.15, 0.2) is 47.2 Å². The molecule has 0 bridgehead atoms. The van der Waals surface area contributed by atoms with E-state index >= 15 is 0 Å². The number of aromatic nitrogens is 1. The normalized spacial score (nSPS) is 19.6. The molecule has 3 nitrogen and oxygen atoms in total. The molecule has 2 aromatic rings. The number of pyridine rings is 1. The highest BCUT2D eigenvalue weighted by Gasteiger charge is 2.28. The fraction of sp³-hybridized carbons (Fsp3) is 0.214. The monoisotopic (exact) mass is 304 g/mol. The summed E-state index contributed by atoms with van der Waals surface area (Å²) >= 11 is 3.38. The zero-order valence-corrected chi connectivity index (χ0v) is 11.3. The first kappa shape index (κ1) is 11.8. The molecule has 0 spiro atoms. The molecule has 4 heteroatoms. The van der Waals surface area contributed by atoms with Crippen LogP contribution in [0.1, 0.15) is 28.8 Å². The summed E-state index contributed by atoms with van der Waals surface area (Å²) < 4.78 is 0.880. The third-order valence-corrected chi connectivity index (χ3v) is 3.72. The number of aliphatic hydroxyl groups is 1. The molecule has 0 saturated heterocycles. The third kappa shape index (κ3) is 2.07. The fourth-order valence-corrected chi connectivity index (χ4v) is 2.78. The summed E-state index contributed by atoms with van der Waals surface area (Å²) in [5, 5.41) is 13.8. The number of halogens is 1. The van der Waals surface area contributed by atoms with Crippen LogP contribution in [0.4, 0.5) is 0 Å². The Morgan fingerprint density at radius 3 is 3.00 bits per heavy atom. The van der Waals surface area contributed by atoms with Gasteiger partial charge in [-0.25, -0.2) is 0 Å². The molecule has 2 heterocycles. The van der Waals surface area contributed by atoms with E-state index in [0.29, 0.717) is 0 Å². The van der Waals surface area contributed by atoms with E-state index in [-0.39, 0.29) is 6.04 Å². The van der Waals surface area contributed by atoms with Crippen LogP contribution in [-0.2, 0) is 6.54 Å². The van der Waals surface area contributed by atoms with E-state index in [4.69, 9.17) is 0 Å². The van der Waals surface area contributed by atoms with Gasteiger partial charge in [-0.2, -0.15) is 0 Å². The zero-order valence-electron chi connectivity index (χ0n) is 9.68. The molecule has 1 aromatic heterocycles. The first-order chi connectivity index (χ1) is 8.75. The molecule has 2 N–H and O–H groups in total. The minimum atomic E-state index is -0.585. The van der Waals surface area contributed by atoms with E-state index in [0.717, 1.165) is 16.6 Å². The standard InChI is InChI=1S/C14H13BrN2O/c15-11-5-10(6-16-8-11)14(18)13-12-4-2-1-3-9(12)7-17-13/h1-6,8,13-14,17-18H,7H2. The summed E-state index contributed by atoms with van der Waals surface area (Å²) in [5.74, 6) is 0. The lowest BCUT2D eigenvalue weighted by atomic mass is 9.97. The second-order valence-electron chi connectivity index (χ2n) is 4.44. The summed E-state index contributed by atoms with van der Waals surface area (Å²) in [6.07, 6.45) is 2.84. The van der Waals surface area contributed by atoms with Gasteiger partial charge in [0.1, 0.15) is 0 Å². The van der Waals surface area contributed by atoms with E-state index in [2.05, 4.69) is 38.4 Å². The van der Waals surface area contributed by atoms with Crippen molar-refractivity contribution >= 4 is 15.9 Å². The number of benzene rings is 1.